The van der Waals surface area contributed by atoms with Gasteiger partial charge in [0.2, 0.25) is 0 Å². The summed E-state index contributed by atoms with van der Waals surface area (Å²) in [5.41, 5.74) is 1.12. The third-order valence-electron chi connectivity index (χ3n) is 5.37. The van der Waals surface area contributed by atoms with Crippen LogP contribution in [-0.4, -0.2) is 44.8 Å². The normalized spacial score (nSPS) is 15.0. The van der Waals surface area contributed by atoms with Crippen molar-refractivity contribution in [3.8, 4) is 11.4 Å². The molecule has 0 aliphatic carbocycles. The van der Waals surface area contributed by atoms with Crippen LogP contribution < -0.4 is 10.9 Å². The molecule has 1 saturated heterocycles. The van der Waals surface area contributed by atoms with Crippen molar-refractivity contribution in [2.24, 2.45) is 0 Å². The van der Waals surface area contributed by atoms with Gasteiger partial charge in [-0.2, -0.15) is 9.78 Å². The summed E-state index contributed by atoms with van der Waals surface area (Å²) < 4.78 is 1.98. The SMILES string of the molecule is O=C(NC1CCN(Cc2ccccc2)CC1)c1nn(-c2ccc(Br)cc2)c(=O)cc1O. The van der Waals surface area contributed by atoms with E-state index in [9.17, 15) is 14.7 Å². The van der Waals surface area contributed by atoms with Crippen LogP contribution in [0.3, 0.4) is 0 Å². The van der Waals surface area contributed by atoms with Crippen LogP contribution in [0, 0.1) is 0 Å². The van der Waals surface area contributed by atoms with Crippen molar-refractivity contribution >= 4 is 21.8 Å². The summed E-state index contributed by atoms with van der Waals surface area (Å²) in [5.74, 6) is -0.901. The van der Waals surface area contributed by atoms with E-state index in [0.29, 0.717) is 5.69 Å². The van der Waals surface area contributed by atoms with E-state index in [1.165, 1.54) is 5.56 Å². The van der Waals surface area contributed by atoms with Gasteiger partial charge in [0.1, 0.15) is 0 Å². The number of halogens is 1. The molecule has 7 nitrogen and oxygen atoms in total. The molecule has 2 N–H and O–H groups in total. The van der Waals surface area contributed by atoms with E-state index < -0.39 is 17.2 Å². The third kappa shape index (κ3) is 5.21. The molecule has 31 heavy (non-hydrogen) atoms. The van der Waals surface area contributed by atoms with Crippen molar-refractivity contribution in [3.05, 3.63) is 86.7 Å². The van der Waals surface area contributed by atoms with Crippen molar-refractivity contribution in [2.75, 3.05) is 13.1 Å². The molecule has 4 rings (SSSR count). The molecular formula is C23H23BrN4O3. The summed E-state index contributed by atoms with van der Waals surface area (Å²) >= 11 is 3.35. The topological polar surface area (TPSA) is 87.5 Å². The molecule has 0 bridgehead atoms. The Morgan fingerprint density at radius 2 is 1.77 bits per heavy atom. The molecule has 0 spiro atoms. The number of hydrogen-bond acceptors (Lipinski definition) is 5. The summed E-state index contributed by atoms with van der Waals surface area (Å²) in [6, 6.07) is 18.3. The lowest BCUT2D eigenvalue weighted by Gasteiger charge is -2.32. The minimum absolute atomic E-state index is 0.00576. The van der Waals surface area contributed by atoms with Crippen molar-refractivity contribution in [1.82, 2.24) is 20.0 Å². The molecule has 1 amide bonds. The first-order valence-electron chi connectivity index (χ1n) is 10.2. The number of aromatic nitrogens is 2. The number of hydrogen-bond donors (Lipinski definition) is 2. The fraction of sp³-hybridized carbons (Fsp3) is 0.261. The van der Waals surface area contributed by atoms with Crippen molar-refractivity contribution in [1.29, 1.82) is 0 Å². The molecule has 0 saturated carbocycles. The Kier molecular flexibility index (Phi) is 6.48. The highest BCUT2D eigenvalue weighted by atomic mass is 79.9. The maximum atomic E-state index is 12.8. The van der Waals surface area contributed by atoms with Crippen molar-refractivity contribution in [2.45, 2.75) is 25.4 Å². The summed E-state index contributed by atoms with van der Waals surface area (Å²) in [6.45, 7) is 2.64. The molecule has 8 heteroatoms. The molecule has 0 radical (unpaired) electrons. The molecule has 160 valence electrons. The quantitative estimate of drug-likeness (QED) is 0.583. The highest BCUT2D eigenvalue weighted by Crippen LogP contribution is 2.17. The fourth-order valence-corrected chi connectivity index (χ4v) is 3.97. The smallest absolute Gasteiger partial charge is 0.275 e. The van der Waals surface area contributed by atoms with E-state index in [0.717, 1.165) is 47.7 Å². The standard InChI is InChI=1S/C23H23BrN4O3/c24-17-6-8-19(9-7-17)28-21(30)14-20(29)22(26-28)23(31)25-18-10-12-27(13-11-18)15-16-4-2-1-3-5-16/h1-9,14,18,29H,10-13,15H2,(H,25,31). The minimum atomic E-state index is -0.509. The first kappa shape index (κ1) is 21.3. The number of piperidine rings is 1. The van der Waals surface area contributed by atoms with Gasteiger partial charge in [-0.3, -0.25) is 14.5 Å². The van der Waals surface area contributed by atoms with Crippen LogP contribution in [0.4, 0.5) is 0 Å². The molecular weight excluding hydrogens is 460 g/mol. The zero-order chi connectivity index (χ0) is 21.8. The van der Waals surface area contributed by atoms with Gasteiger partial charge in [0.05, 0.1) is 5.69 Å². The number of amides is 1. The first-order valence-corrected chi connectivity index (χ1v) is 11.0. The number of aromatic hydroxyl groups is 1. The minimum Gasteiger partial charge on any atom is -0.505 e. The second-order valence-corrected chi connectivity index (χ2v) is 8.53. The summed E-state index contributed by atoms with van der Waals surface area (Å²) in [4.78, 5) is 27.4. The van der Waals surface area contributed by atoms with Gasteiger partial charge in [-0.15, -0.1) is 0 Å². The first-order chi connectivity index (χ1) is 15.0. The van der Waals surface area contributed by atoms with Crippen molar-refractivity contribution < 1.29 is 9.90 Å². The van der Waals surface area contributed by atoms with Gasteiger partial charge in [0.15, 0.2) is 11.4 Å². The molecule has 2 heterocycles. The number of nitrogens with one attached hydrogen (secondary N) is 1. The Balaban J connectivity index is 1.41. The molecule has 1 aliphatic rings. The van der Waals surface area contributed by atoms with E-state index in [1.807, 2.05) is 18.2 Å². The predicted molar refractivity (Wildman–Crippen MR) is 121 cm³/mol. The van der Waals surface area contributed by atoms with Crippen LogP contribution in [0.2, 0.25) is 0 Å². The molecule has 1 aromatic heterocycles. The Morgan fingerprint density at radius 1 is 1.10 bits per heavy atom. The van der Waals surface area contributed by atoms with E-state index in [4.69, 9.17) is 0 Å². The average Bonchev–Trinajstić information content (AvgIpc) is 2.77. The van der Waals surface area contributed by atoms with Crippen LogP contribution in [0.15, 0.2) is 69.9 Å². The Morgan fingerprint density at radius 3 is 2.45 bits per heavy atom. The summed E-state index contributed by atoms with van der Waals surface area (Å²) in [7, 11) is 0. The van der Waals surface area contributed by atoms with Gasteiger partial charge in [-0.05, 0) is 42.7 Å². The highest BCUT2D eigenvalue weighted by Gasteiger charge is 2.24. The van der Waals surface area contributed by atoms with Crippen LogP contribution in [0.5, 0.6) is 5.75 Å². The second-order valence-electron chi connectivity index (χ2n) is 7.61. The number of benzene rings is 2. The fourth-order valence-electron chi connectivity index (χ4n) is 3.71. The van der Waals surface area contributed by atoms with Crippen LogP contribution in [0.25, 0.3) is 5.69 Å². The maximum absolute atomic E-state index is 12.8. The van der Waals surface area contributed by atoms with E-state index in [-0.39, 0.29) is 11.7 Å². The van der Waals surface area contributed by atoms with Gasteiger partial charge < -0.3 is 10.4 Å². The molecule has 1 fully saturated rings. The molecule has 3 aromatic rings. The molecule has 2 aromatic carbocycles. The Hall–Kier alpha value is -2.97. The highest BCUT2D eigenvalue weighted by molar-refractivity contribution is 9.10. The van der Waals surface area contributed by atoms with Gasteiger partial charge in [0, 0.05) is 36.2 Å². The monoisotopic (exact) mass is 482 g/mol. The van der Waals surface area contributed by atoms with E-state index in [1.54, 1.807) is 24.3 Å². The zero-order valence-electron chi connectivity index (χ0n) is 16.9. The van der Waals surface area contributed by atoms with Gasteiger partial charge in [0.25, 0.3) is 11.5 Å². The number of carbonyl (C=O) groups excluding carboxylic acids is 1. The van der Waals surface area contributed by atoms with Crippen LogP contribution in [-0.2, 0) is 6.54 Å². The molecule has 1 aliphatic heterocycles. The van der Waals surface area contributed by atoms with E-state index in [2.05, 4.69) is 43.4 Å². The number of rotatable bonds is 5. The van der Waals surface area contributed by atoms with E-state index >= 15 is 0 Å². The molecule has 0 atom stereocenters. The number of likely N-dealkylation sites (tertiary alicyclic amines) is 1. The lowest BCUT2D eigenvalue weighted by Crippen LogP contribution is -2.44. The zero-order valence-corrected chi connectivity index (χ0v) is 18.5. The summed E-state index contributed by atoms with van der Waals surface area (Å²) in [6.07, 6.45) is 1.62. The second kappa shape index (κ2) is 9.45. The number of carbonyl (C=O) groups is 1. The van der Waals surface area contributed by atoms with Crippen molar-refractivity contribution in [3.63, 3.8) is 0 Å². The third-order valence-corrected chi connectivity index (χ3v) is 5.90. The largest absolute Gasteiger partial charge is 0.505 e. The maximum Gasteiger partial charge on any atom is 0.275 e. The summed E-state index contributed by atoms with van der Waals surface area (Å²) in [5, 5.41) is 17.2. The lowest BCUT2D eigenvalue weighted by atomic mass is 10.0. The van der Waals surface area contributed by atoms with Crippen LogP contribution >= 0.6 is 15.9 Å². The average molecular weight is 483 g/mol. The number of nitrogens with zero attached hydrogens (tertiary/aromatic N) is 3. The predicted octanol–water partition coefficient (Wildman–Crippen LogP) is 3.10. The Labute approximate surface area is 188 Å². The van der Waals surface area contributed by atoms with Gasteiger partial charge in [-0.1, -0.05) is 46.3 Å². The molecule has 0 unspecified atom stereocenters. The lowest BCUT2D eigenvalue weighted by molar-refractivity contribution is 0.0899. The van der Waals surface area contributed by atoms with Crippen LogP contribution in [0.1, 0.15) is 28.9 Å². The van der Waals surface area contributed by atoms with Gasteiger partial charge >= 0.3 is 0 Å². The van der Waals surface area contributed by atoms with Gasteiger partial charge in [-0.25, -0.2) is 0 Å². The Bertz CT molecular complexity index is 1110.